The van der Waals surface area contributed by atoms with Crippen LogP contribution in [0.5, 0.6) is 0 Å². The Morgan fingerprint density at radius 3 is 2.82 bits per heavy atom. The fourth-order valence-electron chi connectivity index (χ4n) is 5.07. The van der Waals surface area contributed by atoms with Crippen LogP contribution in [0, 0.1) is 0 Å². The number of fused-ring (bicyclic) bond motifs is 1. The molecule has 6 rings (SSSR count). The Labute approximate surface area is 190 Å². The lowest BCUT2D eigenvalue weighted by molar-refractivity contribution is 0.0613. The van der Waals surface area contributed by atoms with Crippen LogP contribution in [0.1, 0.15) is 35.0 Å². The molecule has 1 amide bonds. The molecule has 0 radical (unpaired) electrons. The second-order valence-electron chi connectivity index (χ2n) is 8.85. The lowest BCUT2D eigenvalue weighted by atomic mass is 10.1. The van der Waals surface area contributed by atoms with Crippen molar-refractivity contribution in [3.8, 4) is 11.4 Å². The maximum absolute atomic E-state index is 12.4. The number of hydrogen-bond acceptors (Lipinski definition) is 8. The van der Waals surface area contributed by atoms with Crippen molar-refractivity contribution < 1.29 is 18.7 Å². The van der Waals surface area contributed by atoms with Gasteiger partial charge in [0, 0.05) is 12.1 Å². The van der Waals surface area contributed by atoms with Gasteiger partial charge in [0.15, 0.2) is 11.6 Å². The molecule has 2 aromatic heterocycles. The number of amides is 1. The van der Waals surface area contributed by atoms with Crippen LogP contribution in [-0.2, 0) is 16.0 Å². The standard InChI is InChI=1S/C23H26N6O4/c30-23(19-7-4-10-31-19)24-17-13-32-21-18(14-33-20(17)21)29-22(25-26-27-29)16-6-3-5-15(11-16)12-28-8-1-2-9-28/h3-7,10-11,17-18,20-21H,1-2,8-9,12-14H2,(H,24,30)/t17-,18+,20-,21+/m0/s1. The summed E-state index contributed by atoms with van der Waals surface area (Å²) >= 11 is 0. The van der Waals surface area contributed by atoms with Crippen molar-refractivity contribution in [2.45, 2.75) is 43.7 Å². The molecular formula is C23H26N6O4. The van der Waals surface area contributed by atoms with Crippen molar-refractivity contribution in [3.63, 3.8) is 0 Å². The van der Waals surface area contributed by atoms with Crippen LogP contribution in [0.25, 0.3) is 11.4 Å². The van der Waals surface area contributed by atoms with Gasteiger partial charge in [0.05, 0.1) is 25.5 Å². The van der Waals surface area contributed by atoms with Crippen LogP contribution >= 0.6 is 0 Å². The van der Waals surface area contributed by atoms with Gasteiger partial charge in [-0.2, -0.15) is 0 Å². The average molecular weight is 450 g/mol. The quantitative estimate of drug-likeness (QED) is 0.604. The highest BCUT2D eigenvalue weighted by Gasteiger charge is 2.50. The molecule has 1 aromatic carbocycles. The zero-order valence-electron chi connectivity index (χ0n) is 18.2. The molecule has 5 heterocycles. The molecule has 3 aliphatic rings. The Morgan fingerprint density at radius 2 is 1.97 bits per heavy atom. The monoisotopic (exact) mass is 450 g/mol. The number of benzene rings is 1. The van der Waals surface area contributed by atoms with Gasteiger partial charge in [-0.25, -0.2) is 4.68 Å². The summed E-state index contributed by atoms with van der Waals surface area (Å²) in [4.78, 5) is 14.9. The van der Waals surface area contributed by atoms with Gasteiger partial charge in [0.2, 0.25) is 0 Å². The number of furan rings is 1. The highest BCUT2D eigenvalue weighted by Crippen LogP contribution is 2.36. The van der Waals surface area contributed by atoms with E-state index in [0.29, 0.717) is 19.0 Å². The van der Waals surface area contributed by atoms with Gasteiger partial charge >= 0.3 is 0 Å². The molecule has 3 fully saturated rings. The molecule has 0 aliphatic carbocycles. The van der Waals surface area contributed by atoms with Gasteiger partial charge in [0.1, 0.15) is 18.2 Å². The summed E-state index contributed by atoms with van der Waals surface area (Å²) in [6.07, 6.45) is 3.50. The average Bonchev–Trinajstić information content (AvgIpc) is 3.64. The molecule has 10 heteroatoms. The van der Waals surface area contributed by atoms with E-state index in [2.05, 4.69) is 43.9 Å². The van der Waals surface area contributed by atoms with Crippen LogP contribution in [0.2, 0.25) is 0 Å². The molecule has 0 bridgehead atoms. The van der Waals surface area contributed by atoms with Crippen LogP contribution in [-0.4, -0.2) is 75.6 Å². The summed E-state index contributed by atoms with van der Waals surface area (Å²) in [6, 6.07) is 11.3. The van der Waals surface area contributed by atoms with E-state index in [9.17, 15) is 4.79 Å². The molecule has 4 atom stereocenters. The number of nitrogens with one attached hydrogen (secondary N) is 1. The third-order valence-electron chi connectivity index (χ3n) is 6.69. The summed E-state index contributed by atoms with van der Waals surface area (Å²) in [5.74, 6) is 0.683. The van der Waals surface area contributed by atoms with Crippen LogP contribution < -0.4 is 5.32 Å². The van der Waals surface area contributed by atoms with Gasteiger partial charge < -0.3 is 19.2 Å². The maximum Gasteiger partial charge on any atom is 0.287 e. The molecule has 1 N–H and O–H groups in total. The minimum Gasteiger partial charge on any atom is -0.459 e. The predicted octanol–water partition coefficient (Wildman–Crippen LogP) is 1.67. The first-order valence-electron chi connectivity index (χ1n) is 11.4. The SMILES string of the molecule is O=C(N[C@H]1CO[C@H]2[C@H]1OC[C@H]2n1nnnc1-c1cccc(CN2CCCC2)c1)c1ccco1. The summed E-state index contributed by atoms with van der Waals surface area (Å²) in [5.41, 5.74) is 2.23. The van der Waals surface area contributed by atoms with E-state index in [1.165, 1.54) is 24.7 Å². The molecule has 3 aromatic rings. The summed E-state index contributed by atoms with van der Waals surface area (Å²) < 4.78 is 19.1. The lowest BCUT2D eigenvalue weighted by Crippen LogP contribution is -2.44. The van der Waals surface area contributed by atoms with E-state index in [-0.39, 0.29) is 36.0 Å². The van der Waals surface area contributed by atoms with Gasteiger partial charge in [-0.05, 0) is 60.1 Å². The number of aromatic nitrogens is 4. The Hall–Kier alpha value is -3.08. The Bertz CT molecular complexity index is 1110. The summed E-state index contributed by atoms with van der Waals surface area (Å²) in [5, 5.41) is 15.5. The zero-order valence-corrected chi connectivity index (χ0v) is 18.2. The Kier molecular flexibility index (Phi) is 5.41. The number of likely N-dealkylation sites (tertiary alicyclic amines) is 1. The first-order chi connectivity index (χ1) is 16.3. The number of ether oxygens (including phenoxy) is 2. The first kappa shape index (κ1) is 20.5. The van der Waals surface area contributed by atoms with Crippen LogP contribution in [0.15, 0.2) is 47.1 Å². The third-order valence-corrected chi connectivity index (χ3v) is 6.69. The summed E-state index contributed by atoms with van der Waals surface area (Å²) in [6.45, 7) is 4.01. The summed E-state index contributed by atoms with van der Waals surface area (Å²) in [7, 11) is 0. The van der Waals surface area contributed by atoms with Crippen molar-refractivity contribution in [2.75, 3.05) is 26.3 Å². The first-order valence-corrected chi connectivity index (χ1v) is 11.4. The van der Waals surface area contributed by atoms with Crippen molar-refractivity contribution in [3.05, 3.63) is 54.0 Å². The molecule has 3 saturated heterocycles. The van der Waals surface area contributed by atoms with E-state index < -0.39 is 0 Å². The van der Waals surface area contributed by atoms with Gasteiger partial charge in [-0.3, -0.25) is 9.69 Å². The number of carbonyl (C=O) groups excluding carboxylic acids is 1. The highest BCUT2D eigenvalue weighted by molar-refractivity contribution is 5.91. The minimum atomic E-state index is -0.278. The highest BCUT2D eigenvalue weighted by atomic mass is 16.6. The van der Waals surface area contributed by atoms with E-state index >= 15 is 0 Å². The fourth-order valence-corrected chi connectivity index (χ4v) is 5.07. The molecule has 3 aliphatic heterocycles. The second kappa shape index (κ2) is 8.69. The number of nitrogens with zero attached hydrogens (tertiary/aromatic N) is 5. The van der Waals surface area contributed by atoms with Crippen molar-refractivity contribution in [2.24, 2.45) is 0 Å². The van der Waals surface area contributed by atoms with E-state index in [1.54, 1.807) is 16.8 Å². The lowest BCUT2D eigenvalue weighted by Gasteiger charge is -2.18. The maximum atomic E-state index is 12.4. The molecule has 172 valence electrons. The van der Waals surface area contributed by atoms with E-state index in [1.807, 2.05) is 6.07 Å². The molecule has 0 saturated carbocycles. The number of carbonyl (C=O) groups is 1. The fraction of sp³-hybridized carbons (Fsp3) is 0.478. The van der Waals surface area contributed by atoms with Gasteiger partial charge in [0.25, 0.3) is 5.91 Å². The largest absolute Gasteiger partial charge is 0.459 e. The molecule has 33 heavy (non-hydrogen) atoms. The predicted molar refractivity (Wildman–Crippen MR) is 116 cm³/mol. The number of tetrazole rings is 1. The topological polar surface area (TPSA) is 108 Å². The Balaban J connectivity index is 1.18. The van der Waals surface area contributed by atoms with Crippen LogP contribution in [0.4, 0.5) is 0 Å². The Morgan fingerprint density at radius 1 is 1.09 bits per heavy atom. The minimum absolute atomic E-state index is 0.173. The van der Waals surface area contributed by atoms with Gasteiger partial charge in [-0.1, -0.05) is 18.2 Å². The molecule has 0 spiro atoms. The smallest absolute Gasteiger partial charge is 0.287 e. The van der Waals surface area contributed by atoms with E-state index in [4.69, 9.17) is 13.9 Å². The van der Waals surface area contributed by atoms with Gasteiger partial charge in [-0.15, -0.1) is 5.10 Å². The molecular weight excluding hydrogens is 424 g/mol. The molecule has 0 unspecified atom stereocenters. The van der Waals surface area contributed by atoms with Crippen LogP contribution in [0.3, 0.4) is 0 Å². The van der Waals surface area contributed by atoms with Crippen molar-refractivity contribution >= 4 is 5.91 Å². The third kappa shape index (κ3) is 3.94. The van der Waals surface area contributed by atoms with Crippen molar-refractivity contribution in [1.82, 2.24) is 30.4 Å². The zero-order chi connectivity index (χ0) is 22.2. The van der Waals surface area contributed by atoms with Crippen molar-refractivity contribution in [1.29, 1.82) is 0 Å². The second-order valence-corrected chi connectivity index (χ2v) is 8.85. The molecule has 10 nitrogen and oxygen atoms in total. The normalized spacial score (nSPS) is 27.2. The van der Waals surface area contributed by atoms with E-state index in [0.717, 1.165) is 25.2 Å². The number of rotatable bonds is 6. The number of hydrogen-bond donors (Lipinski definition) is 1.